The maximum atomic E-state index is 6.08. The van der Waals surface area contributed by atoms with Gasteiger partial charge in [-0.25, -0.2) is 0 Å². The number of rotatable bonds is 4. The topological polar surface area (TPSA) is 67.3 Å². The van der Waals surface area contributed by atoms with Crippen molar-refractivity contribution in [2.45, 2.75) is 90.3 Å². The molecule has 3 aromatic rings. The van der Waals surface area contributed by atoms with Gasteiger partial charge in [0.05, 0.1) is 17.9 Å². The summed E-state index contributed by atoms with van der Waals surface area (Å²) in [5, 5.41) is 0. The fourth-order valence-electron chi connectivity index (χ4n) is 7.38. The summed E-state index contributed by atoms with van der Waals surface area (Å²) in [6.07, 6.45) is 7.10. The number of fused-ring (bicyclic) bond motifs is 3. The van der Waals surface area contributed by atoms with Crippen molar-refractivity contribution in [3.63, 3.8) is 0 Å². The molecule has 3 fully saturated rings. The van der Waals surface area contributed by atoms with Gasteiger partial charge in [0.1, 0.15) is 0 Å². The standard InChI is InChI=1S/C33H42N6O/c1-31(2)25-13-9-21(17-26(25)32(3,4)33(31,5)6)27-14-10-22(18-34-27)28-35-29(38-15-7-8-16-38)37-30(36-28)39-19-23-11-12-24(20-39)40-23/h9-10,13-14,17-18,23-24H,7-8,11-12,15-16,19-20H2,1-6H3. The van der Waals surface area contributed by atoms with Gasteiger partial charge in [-0.3, -0.25) is 4.98 Å². The highest BCUT2D eigenvalue weighted by atomic mass is 16.5. The zero-order chi connectivity index (χ0) is 27.9. The first-order valence-corrected chi connectivity index (χ1v) is 15.1. The number of benzene rings is 1. The molecule has 210 valence electrons. The molecule has 0 radical (unpaired) electrons. The SMILES string of the molecule is CC1(C)c2ccc(-c3ccc(-c4nc(N5CCCC5)nc(N5CC6CCC(C5)O6)n4)cn3)cc2C(C)(C)C1(C)C. The molecule has 0 N–H and O–H groups in total. The second-order valence-corrected chi connectivity index (χ2v) is 13.9. The maximum Gasteiger partial charge on any atom is 0.230 e. The molecule has 7 rings (SSSR count). The highest BCUT2D eigenvalue weighted by molar-refractivity contribution is 5.67. The van der Waals surface area contributed by atoms with Gasteiger partial charge < -0.3 is 14.5 Å². The van der Waals surface area contributed by atoms with E-state index in [2.05, 4.69) is 81.7 Å². The lowest BCUT2D eigenvalue weighted by atomic mass is 9.59. The second kappa shape index (κ2) is 8.97. The van der Waals surface area contributed by atoms with Crippen molar-refractivity contribution in [2.75, 3.05) is 36.0 Å². The van der Waals surface area contributed by atoms with Crippen LogP contribution in [-0.2, 0) is 15.6 Å². The molecular formula is C33H42N6O. The van der Waals surface area contributed by atoms with Crippen molar-refractivity contribution in [1.82, 2.24) is 19.9 Å². The predicted octanol–water partition coefficient (Wildman–Crippen LogP) is 6.16. The van der Waals surface area contributed by atoms with E-state index in [9.17, 15) is 0 Å². The molecule has 7 nitrogen and oxygen atoms in total. The Labute approximate surface area is 238 Å². The Kier molecular flexibility index (Phi) is 5.80. The van der Waals surface area contributed by atoms with Gasteiger partial charge in [0.2, 0.25) is 11.9 Å². The summed E-state index contributed by atoms with van der Waals surface area (Å²) in [5.74, 6) is 2.25. The molecule has 3 saturated heterocycles. The number of hydrogen-bond donors (Lipinski definition) is 0. The van der Waals surface area contributed by atoms with Crippen LogP contribution in [-0.4, -0.2) is 58.3 Å². The highest BCUT2D eigenvalue weighted by Gasteiger charge is 2.56. The van der Waals surface area contributed by atoms with E-state index in [-0.39, 0.29) is 28.5 Å². The third-order valence-corrected chi connectivity index (χ3v) is 11.1. The third kappa shape index (κ3) is 3.87. The van der Waals surface area contributed by atoms with Crippen LogP contribution >= 0.6 is 0 Å². The van der Waals surface area contributed by atoms with Crippen LogP contribution in [0.2, 0.25) is 0 Å². The van der Waals surface area contributed by atoms with Crippen molar-refractivity contribution in [2.24, 2.45) is 5.41 Å². The van der Waals surface area contributed by atoms with Crippen molar-refractivity contribution in [3.8, 4) is 22.6 Å². The predicted molar refractivity (Wildman–Crippen MR) is 160 cm³/mol. The molecule has 4 aliphatic rings. The van der Waals surface area contributed by atoms with Gasteiger partial charge in [-0.1, -0.05) is 53.7 Å². The molecule has 1 aromatic carbocycles. The van der Waals surface area contributed by atoms with Crippen molar-refractivity contribution < 1.29 is 4.74 Å². The fourth-order valence-corrected chi connectivity index (χ4v) is 7.38. The first kappa shape index (κ1) is 25.9. The Bertz CT molecular complexity index is 1430. The number of hydrogen-bond acceptors (Lipinski definition) is 7. The second-order valence-electron chi connectivity index (χ2n) is 13.9. The minimum absolute atomic E-state index is 0.0635. The van der Waals surface area contributed by atoms with Crippen LogP contribution in [0.15, 0.2) is 36.5 Å². The molecule has 0 spiro atoms. The smallest absolute Gasteiger partial charge is 0.230 e. The summed E-state index contributed by atoms with van der Waals surface area (Å²) < 4.78 is 6.08. The summed E-state index contributed by atoms with van der Waals surface area (Å²) in [6, 6.07) is 11.2. The van der Waals surface area contributed by atoms with Gasteiger partial charge in [0, 0.05) is 43.5 Å². The molecule has 40 heavy (non-hydrogen) atoms. The van der Waals surface area contributed by atoms with Gasteiger partial charge in [-0.15, -0.1) is 0 Å². The van der Waals surface area contributed by atoms with Crippen LogP contribution in [0.5, 0.6) is 0 Å². The molecule has 1 aliphatic carbocycles. The molecule has 3 aliphatic heterocycles. The van der Waals surface area contributed by atoms with E-state index in [4.69, 9.17) is 24.7 Å². The molecule has 2 bridgehead atoms. The number of anilines is 2. The lowest BCUT2D eigenvalue weighted by Gasteiger charge is -2.44. The van der Waals surface area contributed by atoms with E-state index in [1.54, 1.807) is 0 Å². The van der Waals surface area contributed by atoms with Crippen LogP contribution in [0.1, 0.15) is 78.4 Å². The maximum absolute atomic E-state index is 6.08. The molecule has 7 heteroatoms. The van der Waals surface area contributed by atoms with Gasteiger partial charge in [0.25, 0.3) is 0 Å². The Morgan fingerprint density at radius 2 is 1.35 bits per heavy atom. The minimum atomic E-state index is 0.0635. The van der Waals surface area contributed by atoms with Gasteiger partial charge in [-0.05, 0) is 71.3 Å². The van der Waals surface area contributed by atoms with E-state index >= 15 is 0 Å². The lowest BCUT2D eigenvalue weighted by molar-refractivity contribution is 0.0299. The highest BCUT2D eigenvalue weighted by Crippen LogP contribution is 2.61. The summed E-state index contributed by atoms with van der Waals surface area (Å²) in [7, 11) is 0. The van der Waals surface area contributed by atoms with Gasteiger partial charge >= 0.3 is 0 Å². The lowest BCUT2D eigenvalue weighted by Crippen LogP contribution is -2.43. The molecule has 2 unspecified atom stereocenters. The minimum Gasteiger partial charge on any atom is -0.371 e. The van der Waals surface area contributed by atoms with Crippen LogP contribution in [0.3, 0.4) is 0 Å². The molecule has 2 atom stereocenters. The van der Waals surface area contributed by atoms with Crippen LogP contribution in [0, 0.1) is 5.41 Å². The average Bonchev–Trinajstić information content (AvgIpc) is 3.63. The van der Waals surface area contributed by atoms with Crippen LogP contribution in [0.4, 0.5) is 11.9 Å². The summed E-state index contributed by atoms with van der Waals surface area (Å²) in [5.41, 5.74) is 6.25. The van der Waals surface area contributed by atoms with E-state index in [0.717, 1.165) is 67.7 Å². The quantitative estimate of drug-likeness (QED) is 0.394. The molecule has 2 aromatic heterocycles. The Hall–Kier alpha value is -3.06. The van der Waals surface area contributed by atoms with E-state index in [1.807, 2.05) is 6.20 Å². The van der Waals surface area contributed by atoms with E-state index in [0.29, 0.717) is 5.82 Å². The number of nitrogens with zero attached hydrogens (tertiary/aromatic N) is 6. The molecule has 5 heterocycles. The molecular weight excluding hydrogens is 496 g/mol. The summed E-state index contributed by atoms with van der Waals surface area (Å²) in [4.78, 5) is 24.4. The number of morpholine rings is 1. The summed E-state index contributed by atoms with van der Waals surface area (Å²) >= 11 is 0. The number of pyridine rings is 1. The Morgan fingerprint density at radius 1 is 0.725 bits per heavy atom. The fraction of sp³-hybridized carbons (Fsp3) is 0.576. The van der Waals surface area contributed by atoms with Crippen molar-refractivity contribution in [3.05, 3.63) is 47.7 Å². The summed E-state index contributed by atoms with van der Waals surface area (Å²) in [6.45, 7) is 18.0. The first-order chi connectivity index (χ1) is 19.0. The van der Waals surface area contributed by atoms with E-state index < -0.39 is 0 Å². The van der Waals surface area contributed by atoms with Gasteiger partial charge in [-0.2, -0.15) is 15.0 Å². The van der Waals surface area contributed by atoms with Crippen molar-refractivity contribution in [1.29, 1.82) is 0 Å². The Balaban J connectivity index is 1.22. The van der Waals surface area contributed by atoms with Crippen LogP contribution in [0.25, 0.3) is 22.6 Å². The molecule has 0 saturated carbocycles. The molecule has 0 amide bonds. The normalized spacial score (nSPS) is 25.9. The van der Waals surface area contributed by atoms with Crippen molar-refractivity contribution >= 4 is 11.9 Å². The zero-order valence-corrected chi connectivity index (χ0v) is 24.9. The Morgan fingerprint density at radius 3 is 2.00 bits per heavy atom. The number of ether oxygens (including phenoxy) is 1. The van der Waals surface area contributed by atoms with Crippen LogP contribution < -0.4 is 9.80 Å². The zero-order valence-electron chi connectivity index (χ0n) is 24.9. The first-order valence-electron chi connectivity index (χ1n) is 15.1. The average molecular weight is 539 g/mol. The monoisotopic (exact) mass is 538 g/mol. The largest absolute Gasteiger partial charge is 0.371 e. The van der Waals surface area contributed by atoms with E-state index in [1.165, 1.54) is 24.0 Å². The van der Waals surface area contributed by atoms with Gasteiger partial charge in [0.15, 0.2) is 5.82 Å². The number of aromatic nitrogens is 4. The third-order valence-electron chi connectivity index (χ3n) is 11.1.